The molecule has 1 aromatic rings. The fraction of sp³-hybridized carbons (Fsp3) is 0.417. The Morgan fingerprint density at radius 3 is 2.45 bits per heavy atom. The molecule has 0 aliphatic rings. The molecule has 1 rings (SSSR count). The molecule has 0 spiro atoms. The minimum Gasteiger partial charge on any atom is -0.383 e. The van der Waals surface area contributed by atoms with Crippen molar-refractivity contribution in [1.82, 2.24) is 5.32 Å². The van der Waals surface area contributed by atoms with Gasteiger partial charge in [0.25, 0.3) is 5.69 Å². The molecular formula is C12H19ClN4O3. The number of benzene rings is 1. The lowest BCUT2D eigenvalue weighted by Crippen LogP contribution is -2.35. The van der Waals surface area contributed by atoms with Crippen LogP contribution >= 0.6 is 12.4 Å². The molecule has 4 N–H and O–H groups in total. The number of nitro groups is 1. The Kier molecular flexibility index (Phi) is 8.26. The van der Waals surface area contributed by atoms with Gasteiger partial charge in [-0.15, -0.1) is 12.4 Å². The molecule has 0 aromatic heterocycles. The van der Waals surface area contributed by atoms with E-state index in [2.05, 4.69) is 10.6 Å². The molecule has 0 heterocycles. The third-order valence-corrected chi connectivity index (χ3v) is 2.63. The summed E-state index contributed by atoms with van der Waals surface area (Å²) >= 11 is 0. The first kappa shape index (κ1) is 18.1. The number of nitrogens with one attached hydrogen (secondary N) is 2. The molecule has 1 aromatic carbocycles. The summed E-state index contributed by atoms with van der Waals surface area (Å²) in [7, 11) is 0. The topological polar surface area (TPSA) is 110 Å². The van der Waals surface area contributed by atoms with Crippen LogP contribution in [0.15, 0.2) is 24.3 Å². The van der Waals surface area contributed by atoms with Crippen LogP contribution in [-0.4, -0.2) is 30.5 Å². The second-order valence-electron chi connectivity index (χ2n) is 4.16. The molecule has 1 unspecified atom stereocenters. The second kappa shape index (κ2) is 9.11. The van der Waals surface area contributed by atoms with Gasteiger partial charge >= 0.3 is 0 Å². The van der Waals surface area contributed by atoms with Gasteiger partial charge in [0.1, 0.15) is 0 Å². The van der Waals surface area contributed by atoms with Crippen LogP contribution in [0, 0.1) is 16.0 Å². The van der Waals surface area contributed by atoms with Gasteiger partial charge in [-0.25, -0.2) is 0 Å². The van der Waals surface area contributed by atoms with Crippen molar-refractivity contribution < 1.29 is 9.72 Å². The summed E-state index contributed by atoms with van der Waals surface area (Å²) in [6.45, 7) is 3.10. The van der Waals surface area contributed by atoms with Crippen LogP contribution in [0.4, 0.5) is 11.4 Å². The summed E-state index contributed by atoms with van der Waals surface area (Å²) in [6, 6.07) is 6.11. The van der Waals surface area contributed by atoms with Crippen LogP contribution in [0.5, 0.6) is 0 Å². The average Bonchev–Trinajstić information content (AvgIpc) is 2.42. The van der Waals surface area contributed by atoms with Crippen LogP contribution in [0.3, 0.4) is 0 Å². The number of carbonyl (C=O) groups is 1. The van der Waals surface area contributed by atoms with Crippen LogP contribution in [0.1, 0.15) is 6.92 Å². The quantitative estimate of drug-likeness (QED) is 0.397. The summed E-state index contributed by atoms with van der Waals surface area (Å²) in [5, 5.41) is 16.3. The number of amides is 1. The maximum absolute atomic E-state index is 11.4. The fourth-order valence-corrected chi connectivity index (χ4v) is 1.37. The number of nitro benzene ring substituents is 1. The number of carbonyl (C=O) groups excluding carboxylic acids is 1. The van der Waals surface area contributed by atoms with Crippen molar-refractivity contribution in [2.75, 3.05) is 25.0 Å². The van der Waals surface area contributed by atoms with E-state index >= 15 is 0 Å². The minimum absolute atomic E-state index is 0. The molecule has 0 saturated carbocycles. The van der Waals surface area contributed by atoms with Gasteiger partial charge in [-0.05, 0) is 12.1 Å². The normalized spacial score (nSPS) is 11.1. The Balaban J connectivity index is 0.00000361. The molecule has 0 radical (unpaired) electrons. The number of nitrogens with two attached hydrogens (primary N) is 1. The van der Waals surface area contributed by atoms with E-state index in [1.54, 1.807) is 19.1 Å². The summed E-state index contributed by atoms with van der Waals surface area (Å²) in [5.74, 6) is -0.271. The van der Waals surface area contributed by atoms with E-state index in [1.165, 1.54) is 12.1 Å². The smallest absolute Gasteiger partial charge is 0.269 e. The molecule has 0 bridgehead atoms. The highest BCUT2D eigenvalue weighted by Gasteiger charge is 2.09. The number of hydrogen-bond donors (Lipinski definition) is 3. The number of hydrogen-bond acceptors (Lipinski definition) is 5. The fourth-order valence-electron chi connectivity index (χ4n) is 1.37. The first-order chi connectivity index (χ1) is 9.04. The highest BCUT2D eigenvalue weighted by atomic mass is 35.5. The summed E-state index contributed by atoms with van der Waals surface area (Å²) in [4.78, 5) is 21.4. The van der Waals surface area contributed by atoms with Gasteiger partial charge < -0.3 is 16.4 Å². The Morgan fingerprint density at radius 1 is 1.35 bits per heavy atom. The van der Waals surface area contributed by atoms with Crippen molar-refractivity contribution in [2.45, 2.75) is 6.92 Å². The zero-order valence-corrected chi connectivity index (χ0v) is 12.0. The zero-order valence-electron chi connectivity index (χ0n) is 11.2. The Bertz CT molecular complexity index is 439. The highest BCUT2D eigenvalue weighted by Crippen LogP contribution is 2.14. The van der Waals surface area contributed by atoms with Crippen molar-refractivity contribution in [3.8, 4) is 0 Å². The van der Waals surface area contributed by atoms with Gasteiger partial charge in [0.2, 0.25) is 5.91 Å². The zero-order chi connectivity index (χ0) is 14.3. The maximum Gasteiger partial charge on any atom is 0.269 e. The van der Waals surface area contributed by atoms with E-state index < -0.39 is 4.92 Å². The molecule has 1 atom stereocenters. The second-order valence-corrected chi connectivity index (χ2v) is 4.16. The number of halogens is 1. The van der Waals surface area contributed by atoms with Gasteiger partial charge in [-0.2, -0.15) is 0 Å². The van der Waals surface area contributed by atoms with Gasteiger partial charge in [-0.3, -0.25) is 14.9 Å². The largest absolute Gasteiger partial charge is 0.383 e. The molecule has 8 heteroatoms. The molecule has 0 fully saturated rings. The van der Waals surface area contributed by atoms with Crippen LogP contribution in [0.2, 0.25) is 0 Å². The molecule has 7 nitrogen and oxygen atoms in total. The molecular weight excluding hydrogens is 284 g/mol. The molecule has 20 heavy (non-hydrogen) atoms. The van der Waals surface area contributed by atoms with Crippen LogP contribution in [-0.2, 0) is 4.79 Å². The third-order valence-electron chi connectivity index (χ3n) is 2.63. The lowest BCUT2D eigenvalue weighted by Gasteiger charge is -2.10. The standard InChI is InChI=1S/C12H18N4O3.ClH/c1-9(8-13)12(17)15-7-6-14-10-2-4-11(5-3-10)16(18)19;/h2-5,9,14H,6-8,13H2,1H3,(H,15,17);1H. The average molecular weight is 303 g/mol. The van der Waals surface area contributed by atoms with E-state index in [9.17, 15) is 14.9 Å². The van der Waals surface area contributed by atoms with Crippen molar-refractivity contribution in [2.24, 2.45) is 11.7 Å². The van der Waals surface area contributed by atoms with Crippen molar-refractivity contribution in [3.63, 3.8) is 0 Å². The van der Waals surface area contributed by atoms with Crippen molar-refractivity contribution >= 4 is 29.7 Å². The summed E-state index contributed by atoms with van der Waals surface area (Å²) in [6.07, 6.45) is 0. The van der Waals surface area contributed by atoms with Crippen LogP contribution < -0.4 is 16.4 Å². The first-order valence-corrected chi connectivity index (χ1v) is 6.00. The van der Waals surface area contributed by atoms with Gasteiger partial charge in [0.05, 0.1) is 4.92 Å². The third kappa shape index (κ3) is 5.85. The molecule has 0 saturated heterocycles. The monoisotopic (exact) mass is 302 g/mol. The summed E-state index contributed by atoms with van der Waals surface area (Å²) < 4.78 is 0. The Hall–Kier alpha value is -1.86. The maximum atomic E-state index is 11.4. The highest BCUT2D eigenvalue weighted by molar-refractivity contribution is 5.85. The van der Waals surface area contributed by atoms with E-state index in [0.29, 0.717) is 19.6 Å². The Morgan fingerprint density at radius 2 is 1.95 bits per heavy atom. The van der Waals surface area contributed by atoms with Gasteiger partial charge in [0, 0.05) is 43.4 Å². The van der Waals surface area contributed by atoms with Crippen LogP contribution in [0.25, 0.3) is 0 Å². The Labute approximate surface area is 123 Å². The number of rotatable bonds is 7. The number of non-ortho nitro benzene ring substituents is 1. The lowest BCUT2D eigenvalue weighted by atomic mass is 10.2. The molecule has 112 valence electrons. The lowest BCUT2D eigenvalue weighted by molar-refractivity contribution is -0.384. The van der Waals surface area contributed by atoms with E-state index in [1.807, 2.05) is 0 Å². The summed E-state index contributed by atoms with van der Waals surface area (Å²) in [5.41, 5.74) is 6.20. The predicted molar refractivity (Wildman–Crippen MR) is 80.1 cm³/mol. The number of nitrogens with zero attached hydrogens (tertiary/aromatic N) is 1. The SMILES string of the molecule is CC(CN)C(=O)NCCNc1ccc([N+](=O)[O-])cc1.Cl. The number of anilines is 1. The van der Waals surface area contributed by atoms with Crippen molar-refractivity contribution in [3.05, 3.63) is 34.4 Å². The van der Waals surface area contributed by atoms with E-state index in [4.69, 9.17) is 5.73 Å². The van der Waals surface area contributed by atoms with E-state index in [-0.39, 0.29) is 29.9 Å². The van der Waals surface area contributed by atoms with Gasteiger partial charge in [0.15, 0.2) is 0 Å². The molecule has 0 aliphatic carbocycles. The predicted octanol–water partition coefficient (Wildman–Crippen LogP) is 1.14. The molecule has 0 aliphatic heterocycles. The first-order valence-electron chi connectivity index (χ1n) is 6.00. The molecule has 1 amide bonds. The minimum atomic E-state index is -0.446. The van der Waals surface area contributed by atoms with Gasteiger partial charge in [-0.1, -0.05) is 6.92 Å². The van der Waals surface area contributed by atoms with Crippen molar-refractivity contribution in [1.29, 1.82) is 0 Å². The van der Waals surface area contributed by atoms with E-state index in [0.717, 1.165) is 5.69 Å².